The van der Waals surface area contributed by atoms with Gasteiger partial charge in [0, 0.05) is 6.20 Å². The third-order valence-electron chi connectivity index (χ3n) is 2.44. The molecule has 0 aliphatic carbocycles. The van der Waals surface area contributed by atoms with Crippen molar-refractivity contribution in [2.75, 3.05) is 12.3 Å². The van der Waals surface area contributed by atoms with Crippen molar-refractivity contribution in [3.63, 3.8) is 0 Å². The van der Waals surface area contributed by atoms with Crippen molar-refractivity contribution >= 4 is 17.6 Å². The van der Waals surface area contributed by atoms with Crippen LogP contribution in [0.3, 0.4) is 0 Å². The molecule has 0 aromatic carbocycles. The lowest BCUT2D eigenvalue weighted by molar-refractivity contribution is 0.0525. The number of nitrogen functional groups attached to an aromatic ring is 1. The third-order valence-corrected chi connectivity index (χ3v) is 2.44. The number of amides is 1. The molecule has 8 nitrogen and oxygen atoms in total. The van der Waals surface area contributed by atoms with Crippen molar-refractivity contribution in [2.24, 2.45) is 5.73 Å². The molecule has 2 heterocycles. The molecule has 20 heavy (non-hydrogen) atoms. The van der Waals surface area contributed by atoms with Gasteiger partial charge in [-0.25, -0.2) is 14.5 Å². The summed E-state index contributed by atoms with van der Waals surface area (Å²) in [6.07, 6.45) is 2.85. The van der Waals surface area contributed by atoms with Crippen LogP contribution in [0.1, 0.15) is 27.8 Å². The first-order valence-corrected chi connectivity index (χ1v) is 5.81. The van der Waals surface area contributed by atoms with Crippen LogP contribution >= 0.6 is 0 Å². The summed E-state index contributed by atoms with van der Waals surface area (Å²) < 4.78 is 6.20. The number of nitrogens with two attached hydrogens (primary N) is 2. The summed E-state index contributed by atoms with van der Waals surface area (Å²) in [4.78, 5) is 27.0. The Morgan fingerprint density at radius 1 is 1.45 bits per heavy atom. The summed E-state index contributed by atoms with van der Waals surface area (Å²) >= 11 is 0. The number of esters is 1. The second kappa shape index (κ2) is 5.39. The molecule has 0 spiro atoms. The monoisotopic (exact) mass is 275 g/mol. The van der Waals surface area contributed by atoms with Crippen molar-refractivity contribution in [3.8, 4) is 5.82 Å². The number of primary amides is 1. The Balaban J connectivity index is 2.49. The quantitative estimate of drug-likeness (QED) is 0.763. The number of hydrogen-bond acceptors (Lipinski definition) is 6. The van der Waals surface area contributed by atoms with Crippen LogP contribution < -0.4 is 11.5 Å². The van der Waals surface area contributed by atoms with Crippen LogP contribution in [0.25, 0.3) is 5.82 Å². The summed E-state index contributed by atoms with van der Waals surface area (Å²) in [6.45, 7) is 1.91. The number of carbonyl (C=O) groups excluding carboxylic acids is 2. The van der Waals surface area contributed by atoms with Gasteiger partial charge in [0.25, 0.3) is 5.91 Å². The molecule has 0 atom stereocenters. The number of pyridine rings is 1. The van der Waals surface area contributed by atoms with Crippen molar-refractivity contribution in [2.45, 2.75) is 6.92 Å². The number of ether oxygens (including phenoxy) is 1. The van der Waals surface area contributed by atoms with E-state index >= 15 is 0 Å². The molecule has 2 aromatic rings. The van der Waals surface area contributed by atoms with E-state index in [9.17, 15) is 9.59 Å². The molecule has 0 saturated carbocycles. The number of carbonyl (C=O) groups is 2. The molecule has 2 rings (SSSR count). The summed E-state index contributed by atoms with van der Waals surface area (Å²) in [6, 6.07) is 2.86. The SMILES string of the molecule is CCOC(=O)c1cc(N)cnc1-n1ccc(C(N)=O)n1. The van der Waals surface area contributed by atoms with E-state index in [0.717, 1.165) is 0 Å². The van der Waals surface area contributed by atoms with Crippen LogP contribution in [0.15, 0.2) is 24.5 Å². The van der Waals surface area contributed by atoms with Crippen LogP contribution in [-0.2, 0) is 4.74 Å². The molecule has 8 heteroatoms. The minimum Gasteiger partial charge on any atom is -0.462 e. The van der Waals surface area contributed by atoms with E-state index in [0.29, 0.717) is 5.69 Å². The third kappa shape index (κ3) is 2.58. The van der Waals surface area contributed by atoms with E-state index in [1.807, 2.05) is 0 Å². The van der Waals surface area contributed by atoms with E-state index in [-0.39, 0.29) is 23.7 Å². The largest absolute Gasteiger partial charge is 0.462 e. The molecule has 0 fully saturated rings. The number of nitrogens with zero attached hydrogens (tertiary/aromatic N) is 3. The molecule has 104 valence electrons. The zero-order valence-electron chi connectivity index (χ0n) is 10.7. The highest BCUT2D eigenvalue weighted by Gasteiger charge is 2.17. The van der Waals surface area contributed by atoms with Crippen molar-refractivity contribution in [1.29, 1.82) is 0 Å². The van der Waals surface area contributed by atoms with E-state index < -0.39 is 11.9 Å². The van der Waals surface area contributed by atoms with E-state index in [1.165, 1.54) is 29.2 Å². The molecule has 0 radical (unpaired) electrons. The zero-order chi connectivity index (χ0) is 14.7. The number of aromatic nitrogens is 3. The minimum absolute atomic E-state index is 0.0680. The molecule has 4 N–H and O–H groups in total. The topological polar surface area (TPSA) is 126 Å². The smallest absolute Gasteiger partial charge is 0.342 e. The Morgan fingerprint density at radius 2 is 2.20 bits per heavy atom. The summed E-state index contributed by atoms with van der Waals surface area (Å²) in [5, 5.41) is 3.94. The fourth-order valence-corrected chi connectivity index (χ4v) is 1.59. The normalized spacial score (nSPS) is 10.2. The average molecular weight is 275 g/mol. The molecule has 0 unspecified atom stereocenters. The fourth-order valence-electron chi connectivity index (χ4n) is 1.59. The van der Waals surface area contributed by atoms with Crippen LogP contribution in [0.5, 0.6) is 0 Å². The van der Waals surface area contributed by atoms with Gasteiger partial charge < -0.3 is 16.2 Å². The maximum absolute atomic E-state index is 11.9. The molecule has 2 aromatic heterocycles. The first-order valence-electron chi connectivity index (χ1n) is 5.81. The Labute approximate surface area is 114 Å². The Bertz CT molecular complexity index is 665. The maximum atomic E-state index is 11.9. The molecule has 0 saturated heterocycles. The zero-order valence-corrected chi connectivity index (χ0v) is 10.7. The van der Waals surface area contributed by atoms with E-state index in [1.54, 1.807) is 6.92 Å². The molecule has 1 amide bonds. The Morgan fingerprint density at radius 3 is 2.80 bits per heavy atom. The van der Waals surface area contributed by atoms with Crippen molar-refractivity contribution in [1.82, 2.24) is 14.8 Å². The Hall–Kier alpha value is -2.90. The standard InChI is InChI=1S/C12H13N5O3/c1-2-20-12(19)8-5-7(13)6-15-11(8)17-4-3-9(16-17)10(14)18/h3-6H,2,13H2,1H3,(H2,14,18). The molecular formula is C12H13N5O3. The molecule has 0 bridgehead atoms. The van der Waals surface area contributed by atoms with Gasteiger partial charge >= 0.3 is 5.97 Å². The van der Waals surface area contributed by atoms with Crippen LogP contribution in [0.4, 0.5) is 5.69 Å². The maximum Gasteiger partial charge on any atom is 0.342 e. The van der Waals surface area contributed by atoms with Crippen LogP contribution in [0.2, 0.25) is 0 Å². The van der Waals surface area contributed by atoms with Gasteiger partial charge in [0.15, 0.2) is 5.82 Å². The van der Waals surface area contributed by atoms with Crippen LogP contribution in [-0.4, -0.2) is 33.2 Å². The minimum atomic E-state index is -0.670. The van der Waals surface area contributed by atoms with Gasteiger partial charge in [-0.1, -0.05) is 0 Å². The first kappa shape index (κ1) is 13.5. The van der Waals surface area contributed by atoms with Gasteiger partial charge in [-0.05, 0) is 19.1 Å². The van der Waals surface area contributed by atoms with Gasteiger partial charge in [0.05, 0.1) is 18.5 Å². The average Bonchev–Trinajstić information content (AvgIpc) is 2.88. The first-order chi connectivity index (χ1) is 9.52. The summed E-state index contributed by atoms with van der Waals surface area (Å²) in [5.41, 5.74) is 11.3. The predicted molar refractivity (Wildman–Crippen MR) is 70.2 cm³/mol. The second-order valence-corrected chi connectivity index (χ2v) is 3.87. The summed E-state index contributed by atoms with van der Waals surface area (Å²) in [7, 11) is 0. The Kier molecular flexibility index (Phi) is 3.65. The van der Waals surface area contributed by atoms with E-state index in [2.05, 4.69) is 10.1 Å². The lowest BCUT2D eigenvalue weighted by atomic mass is 10.2. The highest BCUT2D eigenvalue weighted by Crippen LogP contribution is 2.16. The lowest BCUT2D eigenvalue weighted by Gasteiger charge is -2.08. The van der Waals surface area contributed by atoms with Gasteiger partial charge in [-0.3, -0.25) is 4.79 Å². The van der Waals surface area contributed by atoms with Gasteiger partial charge in [-0.15, -0.1) is 0 Å². The molecule has 0 aliphatic heterocycles. The van der Waals surface area contributed by atoms with Crippen molar-refractivity contribution < 1.29 is 14.3 Å². The fraction of sp³-hybridized carbons (Fsp3) is 0.167. The number of hydrogen-bond donors (Lipinski definition) is 2. The summed E-state index contributed by atoms with van der Waals surface area (Å²) in [5.74, 6) is -1.03. The highest BCUT2D eigenvalue weighted by molar-refractivity contribution is 5.94. The number of anilines is 1. The molecule has 0 aliphatic rings. The van der Waals surface area contributed by atoms with Gasteiger partial charge in [-0.2, -0.15) is 5.10 Å². The highest BCUT2D eigenvalue weighted by atomic mass is 16.5. The van der Waals surface area contributed by atoms with E-state index in [4.69, 9.17) is 16.2 Å². The lowest BCUT2D eigenvalue weighted by Crippen LogP contribution is -2.15. The predicted octanol–water partition coefficient (Wildman–Crippen LogP) is 0.125. The number of rotatable bonds is 4. The molecular weight excluding hydrogens is 262 g/mol. The second-order valence-electron chi connectivity index (χ2n) is 3.87. The van der Waals surface area contributed by atoms with Crippen molar-refractivity contribution in [3.05, 3.63) is 35.8 Å². The van der Waals surface area contributed by atoms with Gasteiger partial charge in [0.2, 0.25) is 0 Å². The van der Waals surface area contributed by atoms with Crippen LogP contribution in [0, 0.1) is 0 Å². The van der Waals surface area contributed by atoms with Gasteiger partial charge in [0.1, 0.15) is 11.3 Å².